The Kier molecular flexibility index (Phi) is 4.97. The SMILES string of the molecule is O=C(NC1CC1)C1CCCN(C(=O)c2ccccc2OC(F)F)C1. The number of para-hydroxylation sites is 1. The van der Waals surface area contributed by atoms with Crippen LogP contribution in [0.5, 0.6) is 5.75 Å². The van der Waals surface area contributed by atoms with Crippen LogP contribution >= 0.6 is 0 Å². The first-order valence-corrected chi connectivity index (χ1v) is 8.18. The third kappa shape index (κ3) is 4.01. The van der Waals surface area contributed by atoms with Crippen molar-refractivity contribution in [1.29, 1.82) is 0 Å². The van der Waals surface area contributed by atoms with Crippen molar-refractivity contribution < 1.29 is 23.1 Å². The van der Waals surface area contributed by atoms with Gasteiger partial charge in [-0.3, -0.25) is 9.59 Å². The van der Waals surface area contributed by atoms with E-state index in [9.17, 15) is 18.4 Å². The number of piperidine rings is 1. The topological polar surface area (TPSA) is 58.6 Å². The maximum absolute atomic E-state index is 12.7. The van der Waals surface area contributed by atoms with E-state index < -0.39 is 6.61 Å². The Bertz CT molecular complexity index is 620. The highest BCUT2D eigenvalue weighted by Crippen LogP contribution is 2.26. The van der Waals surface area contributed by atoms with Crippen LogP contribution in [0.2, 0.25) is 0 Å². The van der Waals surface area contributed by atoms with E-state index in [-0.39, 0.29) is 35.1 Å². The number of benzene rings is 1. The zero-order valence-corrected chi connectivity index (χ0v) is 13.2. The zero-order valence-electron chi connectivity index (χ0n) is 13.2. The van der Waals surface area contributed by atoms with Gasteiger partial charge in [0, 0.05) is 19.1 Å². The Morgan fingerprint density at radius 1 is 1.21 bits per heavy atom. The molecule has 0 bridgehead atoms. The third-order valence-corrected chi connectivity index (χ3v) is 4.34. The van der Waals surface area contributed by atoms with Crippen LogP contribution in [0.15, 0.2) is 24.3 Å². The van der Waals surface area contributed by atoms with Crippen LogP contribution in [0.4, 0.5) is 8.78 Å². The van der Waals surface area contributed by atoms with Crippen molar-refractivity contribution in [1.82, 2.24) is 10.2 Å². The maximum atomic E-state index is 12.7. The summed E-state index contributed by atoms with van der Waals surface area (Å²) in [7, 11) is 0. The molecule has 2 fully saturated rings. The molecule has 130 valence electrons. The predicted molar refractivity (Wildman–Crippen MR) is 82.9 cm³/mol. The second kappa shape index (κ2) is 7.15. The molecule has 1 aromatic rings. The highest BCUT2D eigenvalue weighted by atomic mass is 19.3. The predicted octanol–water partition coefficient (Wildman–Crippen LogP) is 2.42. The second-order valence-corrected chi connectivity index (χ2v) is 6.25. The molecule has 0 aromatic heterocycles. The van der Waals surface area contributed by atoms with Crippen molar-refractivity contribution in [2.24, 2.45) is 5.92 Å². The third-order valence-electron chi connectivity index (χ3n) is 4.34. The molecule has 1 aromatic carbocycles. The van der Waals surface area contributed by atoms with Crippen LogP contribution in [-0.4, -0.2) is 42.5 Å². The van der Waals surface area contributed by atoms with Crippen molar-refractivity contribution in [2.75, 3.05) is 13.1 Å². The van der Waals surface area contributed by atoms with Gasteiger partial charge in [-0.25, -0.2) is 0 Å². The molecule has 0 spiro atoms. The van der Waals surface area contributed by atoms with Crippen LogP contribution in [0, 0.1) is 5.92 Å². The van der Waals surface area contributed by atoms with Gasteiger partial charge in [0.05, 0.1) is 11.5 Å². The first kappa shape index (κ1) is 16.7. The lowest BCUT2D eigenvalue weighted by molar-refractivity contribution is -0.126. The molecule has 0 radical (unpaired) electrons. The number of carbonyl (C=O) groups is 2. The molecule has 1 saturated heterocycles. The molecule has 7 heteroatoms. The monoisotopic (exact) mass is 338 g/mol. The molecule has 24 heavy (non-hydrogen) atoms. The summed E-state index contributed by atoms with van der Waals surface area (Å²) in [5.74, 6) is -0.782. The number of halogens is 2. The number of ether oxygens (including phenoxy) is 1. The zero-order chi connectivity index (χ0) is 17.1. The molecule has 5 nitrogen and oxygen atoms in total. The number of likely N-dealkylation sites (tertiary alicyclic amines) is 1. The van der Waals surface area contributed by atoms with Gasteiger partial charge in [0.2, 0.25) is 5.91 Å². The molecule has 1 N–H and O–H groups in total. The van der Waals surface area contributed by atoms with E-state index in [0.29, 0.717) is 19.5 Å². The van der Waals surface area contributed by atoms with Gasteiger partial charge in [0.1, 0.15) is 5.75 Å². The molecule has 1 unspecified atom stereocenters. The van der Waals surface area contributed by atoms with Gasteiger partial charge in [0.15, 0.2) is 0 Å². The Labute approximate surface area is 139 Å². The number of rotatable bonds is 5. The number of amides is 2. The van der Waals surface area contributed by atoms with Crippen molar-refractivity contribution >= 4 is 11.8 Å². The van der Waals surface area contributed by atoms with Gasteiger partial charge in [-0.05, 0) is 37.8 Å². The summed E-state index contributed by atoms with van der Waals surface area (Å²) in [5.41, 5.74) is 0.0982. The summed E-state index contributed by atoms with van der Waals surface area (Å²) in [6.45, 7) is -2.17. The van der Waals surface area contributed by atoms with Gasteiger partial charge in [-0.1, -0.05) is 12.1 Å². The number of nitrogens with one attached hydrogen (secondary N) is 1. The smallest absolute Gasteiger partial charge is 0.387 e. The lowest BCUT2D eigenvalue weighted by Crippen LogP contribution is -2.46. The van der Waals surface area contributed by atoms with E-state index in [4.69, 9.17) is 0 Å². The lowest BCUT2D eigenvalue weighted by Gasteiger charge is -2.32. The van der Waals surface area contributed by atoms with Crippen molar-refractivity contribution in [3.63, 3.8) is 0 Å². The Morgan fingerprint density at radius 2 is 1.96 bits per heavy atom. The first-order chi connectivity index (χ1) is 11.5. The van der Waals surface area contributed by atoms with Crippen molar-refractivity contribution in [2.45, 2.75) is 38.3 Å². The summed E-state index contributed by atoms with van der Waals surface area (Å²) in [6, 6.07) is 6.24. The number of carbonyl (C=O) groups excluding carboxylic acids is 2. The minimum atomic E-state index is -2.99. The molecule has 2 amide bonds. The van der Waals surface area contributed by atoms with Gasteiger partial charge in [-0.15, -0.1) is 0 Å². The van der Waals surface area contributed by atoms with E-state index in [1.807, 2.05) is 0 Å². The van der Waals surface area contributed by atoms with Gasteiger partial charge >= 0.3 is 6.61 Å². The average Bonchev–Trinajstić information content (AvgIpc) is 3.38. The van der Waals surface area contributed by atoms with Gasteiger partial charge < -0.3 is 15.0 Å². The van der Waals surface area contributed by atoms with E-state index in [2.05, 4.69) is 10.1 Å². The Morgan fingerprint density at radius 3 is 2.67 bits per heavy atom. The highest BCUT2D eigenvalue weighted by molar-refractivity contribution is 5.97. The van der Waals surface area contributed by atoms with Crippen molar-refractivity contribution in [3.05, 3.63) is 29.8 Å². The number of nitrogens with zero attached hydrogens (tertiary/aromatic N) is 1. The average molecular weight is 338 g/mol. The van der Waals surface area contributed by atoms with Gasteiger partial charge in [0.25, 0.3) is 5.91 Å². The standard InChI is InChI=1S/C17H20F2N2O3/c18-17(19)24-14-6-2-1-5-13(14)16(23)21-9-3-4-11(10-21)15(22)20-12-7-8-12/h1-2,5-6,11-12,17H,3-4,7-10H2,(H,20,22). The fourth-order valence-electron chi connectivity index (χ4n) is 2.93. The van der Waals surface area contributed by atoms with Crippen LogP contribution in [0.3, 0.4) is 0 Å². The molecular weight excluding hydrogens is 318 g/mol. The summed E-state index contributed by atoms with van der Waals surface area (Å²) < 4.78 is 29.4. The molecule has 2 aliphatic rings. The fraction of sp³-hybridized carbons (Fsp3) is 0.529. The molecule has 1 aliphatic heterocycles. The van der Waals surface area contributed by atoms with Crippen LogP contribution in [-0.2, 0) is 4.79 Å². The highest BCUT2D eigenvalue weighted by Gasteiger charge is 2.32. The molecule has 3 rings (SSSR count). The Balaban J connectivity index is 1.69. The molecule has 1 atom stereocenters. The minimum absolute atomic E-state index is 0.0212. The molecule has 1 aliphatic carbocycles. The second-order valence-electron chi connectivity index (χ2n) is 6.25. The fourth-order valence-corrected chi connectivity index (χ4v) is 2.93. The van der Waals surface area contributed by atoms with E-state index >= 15 is 0 Å². The Hall–Kier alpha value is -2.18. The first-order valence-electron chi connectivity index (χ1n) is 8.18. The molecule has 1 heterocycles. The molecule has 1 saturated carbocycles. The van der Waals surface area contributed by atoms with E-state index in [1.54, 1.807) is 11.0 Å². The van der Waals surface area contributed by atoms with Crippen LogP contribution < -0.4 is 10.1 Å². The maximum Gasteiger partial charge on any atom is 0.387 e. The van der Waals surface area contributed by atoms with Crippen LogP contribution in [0.25, 0.3) is 0 Å². The number of alkyl halides is 2. The molecular formula is C17H20F2N2O3. The van der Waals surface area contributed by atoms with E-state index in [1.165, 1.54) is 18.2 Å². The summed E-state index contributed by atoms with van der Waals surface area (Å²) in [6.07, 6.45) is 3.47. The number of hydrogen-bond donors (Lipinski definition) is 1. The quantitative estimate of drug-likeness (QED) is 0.897. The summed E-state index contributed by atoms with van der Waals surface area (Å²) >= 11 is 0. The summed E-state index contributed by atoms with van der Waals surface area (Å²) in [4.78, 5) is 26.4. The van der Waals surface area contributed by atoms with E-state index in [0.717, 1.165) is 19.3 Å². The largest absolute Gasteiger partial charge is 0.434 e. The lowest BCUT2D eigenvalue weighted by atomic mass is 9.96. The minimum Gasteiger partial charge on any atom is -0.434 e. The van der Waals surface area contributed by atoms with Crippen LogP contribution in [0.1, 0.15) is 36.0 Å². The van der Waals surface area contributed by atoms with Gasteiger partial charge in [-0.2, -0.15) is 8.78 Å². The normalized spacial score (nSPS) is 20.8. The summed E-state index contributed by atoms with van der Waals surface area (Å²) in [5, 5.41) is 2.96. The van der Waals surface area contributed by atoms with Crippen molar-refractivity contribution in [3.8, 4) is 5.75 Å². The number of hydrogen-bond acceptors (Lipinski definition) is 3.